The fourth-order valence-corrected chi connectivity index (χ4v) is 2.13. The van der Waals surface area contributed by atoms with Crippen molar-refractivity contribution in [2.75, 3.05) is 18.4 Å². The van der Waals surface area contributed by atoms with Gasteiger partial charge in [0.2, 0.25) is 11.8 Å². The van der Waals surface area contributed by atoms with Crippen molar-refractivity contribution in [3.8, 4) is 0 Å². The van der Waals surface area contributed by atoms with Crippen molar-refractivity contribution < 1.29 is 14.5 Å². The largest absolute Gasteiger partial charge is 0.369 e. The Hall–Kier alpha value is -2.48. The van der Waals surface area contributed by atoms with Crippen LogP contribution in [0, 0.1) is 17.0 Å². The Kier molecular flexibility index (Phi) is 6.65. The van der Waals surface area contributed by atoms with Crippen LogP contribution in [0.5, 0.6) is 0 Å². The molecule has 0 fully saturated rings. The van der Waals surface area contributed by atoms with Crippen LogP contribution in [0.2, 0.25) is 0 Å². The van der Waals surface area contributed by atoms with Gasteiger partial charge >= 0.3 is 0 Å². The molecular formula is C15H22N4O4. The summed E-state index contributed by atoms with van der Waals surface area (Å²) in [5.41, 5.74) is 5.96. The monoisotopic (exact) mass is 322 g/mol. The molecule has 0 spiro atoms. The zero-order chi connectivity index (χ0) is 17.6. The average molecular weight is 322 g/mol. The third-order valence-corrected chi connectivity index (χ3v) is 3.49. The molecule has 0 saturated heterocycles. The lowest BCUT2D eigenvalue weighted by atomic mass is 10.1. The first-order valence-corrected chi connectivity index (χ1v) is 7.28. The first-order chi connectivity index (χ1) is 10.7. The van der Waals surface area contributed by atoms with Gasteiger partial charge in [-0.2, -0.15) is 0 Å². The molecule has 1 aromatic carbocycles. The smallest absolute Gasteiger partial charge is 0.274 e. The van der Waals surface area contributed by atoms with Gasteiger partial charge in [-0.25, -0.2) is 0 Å². The molecule has 0 unspecified atom stereocenters. The number of nitrogens with one attached hydrogen (secondary N) is 1. The number of anilines is 1. The molecular weight excluding hydrogens is 300 g/mol. The van der Waals surface area contributed by atoms with Crippen LogP contribution >= 0.6 is 0 Å². The van der Waals surface area contributed by atoms with Crippen LogP contribution in [0.4, 0.5) is 11.4 Å². The number of nitro groups is 1. The van der Waals surface area contributed by atoms with Crippen molar-refractivity contribution in [3.63, 3.8) is 0 Å². The van der Waals surface area contributed by atoms with E-state index < -0.39 is 10.8 Å². The summed E-state index contributed by atoms with van der Waals surface area (Å²) in [5.74, 6) is -0.725. The summed E-state index contributed by atoms with van der Waals surface area (Å²) in [6, 6.07) is 4.60. The summed E-state index contributed by atoms with van der Waals surface area (Å²) >= 11 is 0. The van der Waals surface area contributed by atoms with Crippen LogP contribution in [0.25, 0.3) is 0 Å². The van der Waals surface area contributed by atoms with E-state index in [1.165, 1.54) is 12.1 Å². The Morgan fingerprint density at radius 1 is 1.39 bits per heavy atom. The van der Waals surface area contributed by atoms with Gasteiger partial charge in [0.15, 0.2) is 0 Å². The molecule has 1 rings (SSSR count). The van der Waals surface area contributed by atoms with Gasteiger partial charge < -0.3 is 11.1 Å². The highest BCUT2D eigenvalue weighted by Gasteiger charge is 2.17. The van der Waals surface area contributed by atoms with E-state index in [9.17, 15) is 19.7 Å². The van der Waals surface area contributed by atoms with E-state index in [1.807, 2.05) is 13.8 Å². The van der Waals surface area contributed by atoms with Crippen molar-refractivity contribution in [2.24, 2.45) is 5.73 Å². The van der Waals surface area contributed by atoms with Crippen LogP contribution < -0.4 is 11.1 Å². The number of carbonyl (C=O) groups is 2. The summed E-state index contributed by atoms with van der Waals surface area (Å²) in [6.07, 6.45) is 0.160. The standard InChI is InChI=1S/C15H22N4O4/c1-10(2)18(9-14(16)20)8-7-15(21)17-12-5-4-6-13(11(12)3)19(22)23/h4-6,10H,7-9H2,1-3H3,(H2,16,20)(H,17,21). The molecule has 0 aliphatic carbocycles. The fourth-order valence-electron chi connectivity index (χ4n) is 2.13. The highest BCUT2D eigenvalue weighted by Crippen LogP contribution is 2.25. The van der Waals surface area contributed by atoms with Gasteiger partial charge in [0, 0.05) is 25.1 Å². The van der Waals surface area contributed by atoms with Crippen molar-refractivity contribution in [2.45, 2.75) is 33.2 Å². The van der Waals surface area contributed by atoms with E-state index in [2.05, 4.69) is 5.32 Å². The second-order valence-electron chi connectivity index (χ2n) is 5.54. The summed E-state index contributed by atoms with van der Waals surface area (Å²) in [6.45, 7) is 5.86. The van der Waals surface area contributed by atoms with Gasteiger partial charge in [-0.3, -0.25) is 24.6 Å². The van der Waals surface area contributed by atoms with Gasteiger partial charge in [-0.15, -0.1) is 0 Å². The molecule has 0 atom stereocenters. The summed E-state index contributed by atoms with van der Waals surface area (Å²) in [7, 11) is 0. The Morgan fingerprint density at radius 3 is 2.57 bits per heavy atom. The number of hydrogen-bond donors (Lipinski definition) is 2. The number of nitrogens with two attached hydrogens (primary N) is 1. The number of carbonyl (C=O) groups excluding carboxylic acids is 2. The molecule has 0 aliphatic heterocycles. The molecule has 1 aromatic rings. The zero-order valence-corrected chi connectivity index (χ0v) is 13.5. The van der Waals surface area contributed by atoms with Gasteiger partial charge in [0.1, 0.15) is 0 Å². The van der Waals surface area contributed by atoms with E-state index in [-0.39, 0.29) is 30.6 Å². The van der Waals surface area contributed by atoms with E-state index in [0.717, 1.165) is 0 Å². The molecule has 0 heterocycles. The third kappa shape index (κ3) is 5.67. The SMILES string of the molecule is Cc1c(NC(=O)CCN(CC(N)=O)C(C)C)cccc1[N+](=O)[O-]. The normalized spacial score (nSPS) is 10.8. The number of hydrogen-bond acceptors (Lipinski definition) is 5. The van der Waals surface area contributed by atoms with E-state index in [4.69, 9.17) is 5.73 Å². The molecule has 8 heteroatoms. The summed E-state index contributed by atoms with van der Waals surface area (Å²) in [5, 5.41) is 13.6. The molecule has 23 heavy (non-hydrogen) atoms. The van der Waals surface area contributed by atoms with Gasteiger partial charge in [0.05, 0.1) is 22.7 Å². The minimum absolute atomic E-state index is 0.0414. The van der Waals surface area contributed by atoms with Gasteiger partial charge in [-0.1, -0.05) is 6.07 Å². The third-order valence-electron chi connectivity index (χ3n) is 3.49. The van der Waals surface area contributed by atoms with Crippen LogP contribution in [-0.2, 0) is 9.59 Å². The Balaban J connectivity index is 2.68. The number of benzene rings is 1. The highest BCUT2D eigenvalue weighted by atomic mass is 16.6. The minimum Gasteiger partial charge on any atom is -0.369 e. The van der Waals surface area contributed by atoms with Crippen LogP contribution in [-0.4, -0.2) is 40.8 Å². The number of amides is 2. The van der Waals surface area contributed by atoms with Crippen molar-refractivity contribution in [1.29, 1.82) is 0 Å². The maximum Gasteiger partial charge on any atom is 0.274 e. The predicted molar refractivity (Wildman–Crippen MR) is 87.0 cm³/mol. The molecule has 0 saturated carbocycles. The quantitative estimate of drug-likeness (QED) is 0.554. The minimum atomic E-state index is -0.488. The lowest BCUT2D eigenvalue weighted by Gasteiger charge is -2.24. The fraction of sp³-hybridized carbons (Fsp3) is 0.467. The number of nitrogens with zero attached hydrogens (tertiary/aromatic N) is 2. The van der Waals surface area contributed by atoms with E-state index >= 15 is 0 Å². The molecule has 0 bridgehead atoms. The molecule has 0 radical (unpaired) electrons. The summed E-state index contributed by atoms with van der Waals surface area (Å²) in [4.78, 5) is 35.2. The zero-order valence-electron chi connectivity index (χ0n) is 13.5. The van der Waals surface area contributed by atoms with Gasteiger partial charge in [0.25, 0.3) is 5.69 Å². The Bertz CT molecular complexity index is 601. The van der Waals surface area contributed by atoms with Crippen molar-refractivity contribution >= 4 is 23.2 Å². The number of primary amides is 1. The topological polar surface area (TPSA) is 119 Å². The predicted octanol–water partition coefficient (Wildman–Crippen LogP) is 1.43. The molecule has 3 N–H and O–H groups in total. The lowest BCUT2D eigenvalue weighted by Crippen LogP contribution is -2.40. The second kappa shape index (κ2) is 8.23. The molecule has 0 aromatic heterocycles. The van der Waals surface area contributed by atoms with Crippen LogP contribution in [0.1, 0.15) is 25.8 Å². The molecule has 0 aliphatic rings. The first kappa shape index (κ1) is 18.6. The maximum absolute atomic E-state index is 12.0. The average Bonchev–Trinajstić information content (AvgIpc) is 2.44. The Morgan fingerprint density at radius 2 is 2.04 bits per heavy atom. The molecule has 126 valence electrons. The van der Waals surface area contributed by atoms with Crippen LogP contribution in [0.3, 0.4) is 0 Å². The van der Waals surface area contributed by atoms with Crippen molar-refractivity contribution in [3.05, 3.63) is 33.9 Å². The summed E-state index contributed by atoms with van der Waals surface area (Å²) < 4.78 is 0. The van der Waals surface area contributed by atoms with Crippen LogP contribution in [0.15, 0.2) is 18.2 Å². The lowest BCUT2D eigenvalue weighted by molar-refractivity contribution is -0.385. The second-order valence-corrected chi connectivity index (χ2v) is 5.54. The highest BCUT2D eigenvalue weighted by molar-refractivity contribution is 5.92. The molecule has 2 amide bonds. The maximum atomic E-state index is 12.0. The van der Waals surface area contributed by atoms with Gasteiger partial charge in [-0.05, 0) is 26.8 Å². The Labute approximate surface area is 134 Å². The number of rotatable bonds is 8. The first-order valence-electron chi connectivity index (χ1n) is 7.28. The van der Waals surface area contributed by atoms with E-state index in [0.29, 0.717) is 17.8 Å². The van der Waals surface area contributed by atoms with Crippen molar-refractivity contribution in [1.82, 2.24) is 4.90 Å². The number of nitro benzene ring substituents is 1. The van der Waals surface area contributed by atoms with E-state index in [1.54, 1.807) is 17.9 Å². The molecule has 8 nitrogen and oxygen atoms in total.